The summed E-state index contributed by atoms with van der Waals surface area (Å²) in [4.78, 5) is 1.87. The minimum atomic E-state index is -3.53. The third kappa shape index (κ3) is 3.25. The summed E-state index contributed by atoms with van der Waals surface area (Å²) in [5.74, 6) is 0. The van der Waals surface area contributed by atoms with Crippen LogP contribution in [0.3, 0.4) is 0 Å². The average molecular weight is 389 g/mol. The van der Waals surface area contributed by atoms with Gasteiger partial charge in [-0.3, -0.25) is 0 Å². The van der Waals surface area contributed by atoms with E-state index in [0.717, 1.165) is 11.1 Å². The number of hydrogen-bond acceptors (Lipinski definition) is 4. The lowest BCUT2D eigenvalue weighted by atomic mass is 10.1. The Morgan fingerprint density at radius 2 is 1.73 bits per heavy atom. The van der Waals surface area contributed by atoms with Crippen molar-refractivity contribution in [1.29, 1.82) is 0 Å². The highest BCUT2D eigenvalue weighted by molar-refractivity contribution is 7.89. The van der Waals surface area contributed by atoms with Crippen molar-refractivity contribution in [3.63, 3.8) is 0 Å². The third-order valence-corrected chi connectivity index (χ3v) is 6.65. The molecule has 0 spiro atoms. The maximum Gasteiger partial charge on any atom is 0.243 e. The molecular formula is C18H17ClN4O2S. The molecule has 4 rings (SSSR count). The van der Waals surface area contributed by atoms with Crippen LogP contribution in [0, 0.1) is 0 Å². The first-order valence-corrected chi connectivity index (χ1v) is 10.1. The van der Waals surface area contributed by atoms with Gasteiger partial charge in [-0.2, -0.15) is 19.3 Å². The van der Waals surface area contributed by atoms with Crippen molar-refractivity contribution in [2.75, 3.05) is 13.1 Å². The summed E-state index contributed by atoms with van der Waals surface area (Å²) < 4.78 is 27.3. The monoisotopic (exact) mass is 388 g/mol. The van der Waals surface area contributed by atoms with Gasteiger partial charge < -0.3 is 0 Å². The van der Waals surface area contributed by atoms with Crippen LogP contribution in [0.25, 0.3) is 11.1 Å². The predicted molar refractivity (Wildman–Crippen MR) is 99.3 cm³/mol. The fourth-order valence-corrected chi connectivity index (χ4v) is 4.85. The summed E-state index contributed by atoms with van der Waals surface area (Å²) in [5.41, 5.74) is 1.87. The molecule has 26 heavy (non-hydrogen) atoms. The summed E-state index contributed by atoms with van der Waals surface area (Å²) in [5, 5.41) is 8.87. The average Bonchev–Trinajstić information content (AvgIpc) is 3.33. The molecule has 6 nitrogen and oxygen atoms in total. The van der Waals surface area contributed by atoms with E-state index in [2.05, 4.69) is 10.2 Å². The minimum Gasteiger partial charge on any atom is -0.207 e. The zero-order chi connectivity index (χ0) is 18.1. The second-order valence-electron chi connectivity index (χ2n) is 6.19. The van der Waals surface area contributed by atoms with E-state index in [4.69, 9.17) is 11.6 Å². The fraction of sp³-hybridized carbons (Fsp3) is 0.222. The van der Waals surface area contributed by atoms with Crippen molar-refractivity contribution < 1.29 is 8.42 Å². The van der Waals surface area contributed by atoms with Crippen molar-refractivity contribution in [2.24, 2.45) is 0 Å². The van der Waals surface area contributed by atoms with E-state index in [0.29, 0.717) is 24.5 Å². The van der Waals surface area contributed by atoms with Gasteiger partial charge in [0.2, 0.25) is 10.0 Å². The maximum absolute atomic E-state index is 12.9. The Balaban J connectivity index is 1.55. The highest BCUT2D eigenvalue weighted by Gasteiger charge is 2.34. The van der Waals surface area contributed by atoms with Gasteiger partial charge >= 0.3 is 0 Å². The van der Waals surface area contributed by atoms with Crippen LogP contribution in [0.1, 0.15) is 12.5 Å². The van der Waals surface area contributed by atoms with Crippen molar-refractivity contribution in [1.82, 2.24) is 19.3 Å². The molecule has 2 aromatic carbocycles. The summed E-state index contributed by atoms with van der Waals surface area (Å²) in [6.45, 7) is 0.845. The summed E-state index contributed by atoms with van der Waals surface area (Å²) in [6.07, 6.45) is 3.91. The van der Waals surface area contributed by atoms with E-state index in [-0.39, 0.29) is 10.9 Å². The first kappa shape index (κ1) is 17.2. The number of rotatable bonds is 4. The largest absolute Gasteiger partial charge is 0.243 e. The zero-order valence-corrected chi connectivity index (χ0v) is 15.4. The van der Waals surface area contributed by atoms with Crippen LogP contribution in [0.5, 0.6) is 0 Å². The zero-order valence-electron chi connectivity index (χ0n) is 13.9. The quantitative estimate of drug-likeness (QED) is 0.688. The van der Waals surface area contributed by atoms with Gasteiger partial charge in [0.1, 0.15) is 0 Å². The van der Waals surface area contributed by atoms with E-state index in [9.17, 15) is 8.42 Å². The van der Waals surface area contributed by atoms with Gasteiger partial charge in [0.15, 0.2) is 0 Å². The van der Waals surface area contributed by atoms with Gasteiger partial charge in [0, 0.05) is 18.1 Å². The summed E-state index contributed by atoms with van der Waals surface area (Å²) >= 11 is 6.03. The molecule has 1 saturated heterocycles. The molecule has 0 N–H and O–H groups in total. The Morgan fingerprint density at radius 1 is 1.00 bits per heavy atom. The molecular weight excluding hydrogens is 372 g/mol. The second-order valence-corrected chi connectivity index (χ2v) is 8.56. The molecule has 0 radical (unpaired) electrons. The van der Waals surface area contributed by atoms with E-state index in [1.54, 1.807) is 41.5 Å². The Bertz CT molecular complexity index is 1000. The van der Waals surface area contributed by atoms with E-state index < -0.39 is 10.0 Å². The topological polar surface area (TPSA) is 68.1 Å². The van der Waals surface area contributed by atoms with Gasteiger partial charge in [-0.15, -0.1) is 0 Å². The number of benzene rings is 2. The van der Waals surface area contributed by atoms with E-state index in [1.807, 2.05) is 24.3 Å². The van der Waals surface area contributed by atoms with E-state index >= 15 is 0 Å². The van der Waals surface area contributed by atoms with Gasteiger partial charge in [-0.05, 0) is 41.8 Å². The molecule has 3 aromatic rings. The molecule has 8 heteroatoms. The van der Waals surface area contributed by atoms with Crippen LogP contribution in [-0.2, 0) is 10.0 Å². The van der Waals surface area contributed by atoms with Crippen LogP contribution >= 0.6 is 11.6 Å². The number of halogens is 1. The fourth-order valence-electron chi connectivity index (χ4n) is 3.17. The van der Waals surface area contributed by atoms with Crippen LogP contribution in [0.4, 0.5) is 0 Å². The molecule has 0 bridgehead atoms. The van der Waals surface area contributed by atoms with Gasteiger partial charge in [0.05, 0.1) is 23.3 Å². The standard InChI is InChI=1S/C18H17ClN4O2S/c19-16-3-1-2-15(12-16)14-4-6-18(7-5-14)26(24,25)22-11-8-17(13-22)23-20-9-10-21-23/h1-7,9-10,12,17H,8,11,13H2/t17-/m1/s1. The molecule has 1 aliphatic rings. The second kappa shape index (κ2) is 6.83. The molecule has 1 fully saturated rings. The lowest BCUT2D eigenvalue weighted by molar-refractivity contribution is 0.402. The Morgan fingerprint density at radius 3 is 2.42 bits per heavy atom. The third-order valence-electron chi connectivity index (χ3n) is 4.54. The molecule has 134 valence electrons. The normalized spacial score (nSPS) is 18.3. The van der Waals surface area contributed by atoms with Crippen molar-refractivity contribution >= 4 is 21.6 Å². The van der Waals surface area contributed by atoms with Crippen LogP contribution < -0.4 is 0 Å². The molecule has 2 heterocycles. The highest BCUT2D eigenvalue weighted by atomic mass is 35.5. The Kier molecular flexibility index (Phi) is 4.52. The van der Waals surface area contributed by atoms with Crippen molar-refractivity contribution in [2.45, 2.75) is 17.4 Å². The smallest absolute Gasteiger partial charge is 0.207 e. The Labute approximate surface area is 157 Å². The number of nitrogens with zero attached hydrogens (tertiary/aromatic N) is 4. The van der Waals surface area contributed by atoms with Crippen LogP contribution in [0.2, 0.25) is 5.02 Å². The number of sulfonamides is 1. The summed E-state index contributed by atoms with van der Waals surface area (Å²) in [6, 6.07) is 14.4. The molecule has 0 saturated carbocycles. The molecule has 1 aromatic heterocycles. The molecule has 1 atom stereocenters. The molecule has 0 unspecified atom stereocenters. The van der Waals surface area contributed by atoms with Crippen LogP contribution in [0.15, 0.2) is 65.8 Å². The maximum atomic E-state index is 12.9. The lowest BCUT2D eigenvalue weighted by Gasteiger charge is -2.16. The molecule has 0 aliphatic carbocycles. The van der Waals surface area contributed by atoms with E-state index in [1.165, 1.54) is 4.31 Å². The first-order chi connectivity index (χ1) is 12.5. The number of hydrogen-bond donors (Lipinski definition) is 0. The SMILES string of the molecule is O=S(=O)(c1ccc(-c2cccc(Cl)c2)cc1)N1CC[C@@H](n2nccn2)C1. The molecule has 0 amide bonds. The Hall–Kier alpha value is -2.22. The lowest BCUT2D eigenvalue weighted by Crippen LogP contribution is -2.29. The van der Waals surface area contributed by atoms with Crippen LogP contribution in [-0.4, -0.2) is 40.8 Å². The van der Waals surface area contributed by atoms with Crippen molar-refractivity contribution in [3.8, 4) is 11.1 Å². The number of aromatic nitrogens is 3. The van der Waals surface area contributed by atoms with Gasteiger partial charge in [-0.25, -0.2) is 8.42 Å². The predicted octanol–water partition coefficient (Wildman–Crippen LogP) is 3.23. The molecule has 1 aliphatic heterocycles. The van der Waals surface area contributed by atoms with Gasteiger partial charge in [0.25, 0.3) is 0 Å². The highest BCUT2D eigenvalue weighted by Crippen LogP contribution is 2.28. The first-order valence-electron chi connectivity index (χ1n) is 8.26. The minimum absolute atomic E-state index is 0.0227. The van der Waals surface area contributed by atoms with Gasteiger partial charge in [-0.1, -0.05) is 35.9 Å². The summed E-state index contributed by atoms with van der Waals surface area (Å²) in [7, 11) is -3.53. The van der Waals surface area contributed by atoms with Crippen molar-refractivity contribution in [3.05, 3.63) is 65.9 Å².